The minimum absolute atomic E-state index is 0.00323. The van der Waals surface area contributed by atoms with Gasteiger partial charge in [-0.05, 0) is 30.3 Å². The summed E-state index contributed by atoms with van der Waals surface area (Å²) in [7, 11) is 0. The second-order valence-corrected chi connectivity index (χ2v) is 8.82. The molecular formula is C18H11ClF2N2O3S2. The molecule has 1 unspecified atom stereocenters. The van der Waals surface area contributed by atoms with Crippen LogP contribution in [-0.2, 0) is 16.1 Å². The molecule has 2 heterocycles. The summed E-state index contributed by atoms with van der Waals surface area (Å²) in [6.45, 7) is 0.00323. The highest BCUT2D eigenvalue weighted by Crippen LogP contribution is 2.42. The van der Waals surface area contributed by atoms with E-state index in [1.54, 1.807) is 18.2 Å². The molecule has 5 nitrogen and oxygen atoms in total. The molecule has 0 bridgehead atoms. The monoisotopic (exact) mass is 440 g/mol. The van der Waals surface area contributed by atoms with E-state index in [4.69, 9.17) is 16.7 Å². The van der Waals surface area contributed by atoms with Crippen LogP contribution in [0, 0.1) is 11.6 Å². The van der Waals surface area contributed by atoms with Crippen molar-refractivity contribution in [3.8, 4) is 0 Å². The lowest BCUT2D eigenvalue weighted by atomic mass is 10.2. The number of carboxylic acids is 1. The molecule has 2 aromatic carbocycles. The number of halogens is 3. The fourth-order valence-corrected chi connectivity index (χ4v) is 5.27. The molecule has 0 aliphatic carbocycles. The fourth-order valence-electron chi connectivity index (χ4n) is 2.93. The predicted octanol–water partition coefficient (Wildman–Crippen LogP) is 4.71. The van der Waals surface area contributed by atoms with Gasteiger partial charge in [-0.3, -0.25) is 9.59 Å². The van der Waals surface area contributed by atoms with E-state index < -0.39 is 28.8 Å². The molecule has 0 fully saturated rings. The molecule has 1 aliphatic heterocycles. The topological polar surface area (TPSA) is 70.5 Å². The number of aliphatic carboxylic acids is 1. The van der Waals surface area contributed by atoms with E-state index in [0.717, 1.165) is 17.4 Å². The van der Waals surface area contributed by atoms with E-state index in [1.165, 1.54) is 22.7 Å². The van der Waals surface area contributed by atoms with Crippen LogP contribution in [0.15, 0.2) is 35.2 Å². The zero-order chi connectivity index (χ0) is 20.0. The van der Waals surface area contributed by atoms with Crippen molar-refractivity contribution in [3.05, 3.63) is 52.0 Å². The van der Waals surface area contributed by atoms with Crippen LogP contribution < -0.4 is 4.90 Å². The van der Waals surface area contributed by atoms with Crippen LogP contribution in [0.25, 0.3) is 10.2 Å². The van der Waals surface area contributed by atoms with Gasteiger partial charge in [-0.2, -0.15) is 0 Å². The summed E-state index contributed by atoms with van der Waals surface area (Å²) in [5.41, 5.74) is 0.834. The van der Waals surface area contributed by atoms with Gasteiger partial charge in [-0.15, -0.1) is 23.1 Å². The van der Waals surface area contributed by atoms with Crippen LogP contribution in [-0.4, -0.2) is 27.2 Å². The van der Waals surface area contributed by atoms with Crippen molar-refractivity contribution < 1.29 is 23.5 Å². The number of fused-ring (bicyclic) bond motifs is 2. The van der Waals surface area contributed by atoms with E-state index in [-0.39, 0.29) is 17.7 Å². The highest BCUT2D eigenvalue weighted by Gasteiger charge is 2.35. The molecular weight excluding hydrogens is 430 g/mol. The Morgan fingerprint density at radius 3 is 2.82 bits per heavy atom. The number of carboxylic acid groups (broad SMARTS) is 1. The van der Waals surface area contributed by atoms with Gasteiger partial charge in [0.25, 0.3) is 0 Å². The van der Waals surface area contributed by atoms with Gasteiger partial charge < -0.3 is 10.0 Å². The number of nitrogens with zero attached hydrogens (tertiary/aromatic N) is 2. The van der Waals surface area contributed by atoms with E-state index >= 15 is 0 Å². The molecule has 1 aliphatic rings. The van der Waals surface area contributed by atoms with Crippen LogP contribution >= 0.6 is 34.7 Å². The molecule has 1 amide bonds. The molecule has 28 heavy (non-hydrogen) atoms. The molecule has 1 aromatic heterocycles. The Labute approximate surface area is 170 Å². The smallest absolute Gasteiger partial charge is 0.305 e. The number of anilines is 1. The average Bonchev–Trinajstić information content (AvgIpc) is 3.05. The Hall–Kier alpha value is -2.23. The van der Waals surface area contributed by atoms with Crippen molar-refractivity contribution in [2.24, 2.45) is 0 Å². The zero-order valence-electron chi connectivity index (χ0n) is 14.0. The number of thiazole rings is 1. The molecule has 1 atom stereocenters. The van der Waals surface area contributed by atoms with Crippen molar-refractivity contribution >= 4 is 62.5 Å². The summed E-state index contributed by atoms with van der Waals surface area (Å²) in [6.07, 6.45) is -0.332. The fraction of sp³-hybridized carbons (Fsp3) is 0.167. The molecule has 0 spiro atoms. The normalized spacial score (nSPS) is 16.5. The number of carbonyl (C=O) groups excluding carboxylic acids is 1. The van der Waals surface area contributed by atoms with Crippen LogP contribution in [0.4, 0.5) is 14.5 Å². The Balaban J connectivity index is 1.74. The van der Waals surface area contributed by atoms with E-state index in [1.807, 2.05) is 0 Å². The molecule has 0 saturated heterocycles. The largest absolute Gasteiger partial charge is 0.481 e. The van der Waals surface area contributed by atoms with Crippen molar-refractivity contribution in [2.75, 3.05) is 4.90 Å². The zero-order valence-corrected chi connectivity index (χ0v) is 16.4. The molecule has 1 N–H and O–H groups in total. The number of rotatable bonds is 4. The number of benzene rings is 2. The minimum atomic E-state index is -1.08. The minimum Gasteiger partial charge on any atom is -0.481 e. The quantitative estimate of drug-likeness (QED) is 0.636. The van der Waals surface area contributed by atoms with Crippen molar-refractivity contribution in [2.45, 2.75) is 23.1 Å². The van der Waals surface area contributed by atoms with Crippen molar-refractivity contribution in [1.29, 1.82) is 0 Å². The summed E-state index contributed by atoms with van der Waals surface area (Å²) in [4.78, 5) is 30.5. The maximum Gasteiger partial charge on any atom is 0.305 e. The average molecular weight is 441 g/mol. The van der Waals surface area contributed by atoms with Crippen molar-refractivity contribution in [3.63, 3.8) is 0 Å². The molecule has 0 saturated carbocycles. The van der Waals surface area contributed by atoms with Gasteiger partial charge in [0.1, 0.15) is 5.01 Å². The molecule has 144 valence electrons. The molecule has 10 heteroatoms. The van der Waals surface area contributed by atoms with Gasteiger partial charge in [-0.1, -0.05) is 11.6 Å². The number of carbonyl (C=O) groups is 2. The SMILES string of the molecule is O=C(O)CC1Sc2ccc(Cl)cc2N(Cc2nc3ccc(F)c(F)c3s2)C1=O. The maximum atomic E-state index is 14.0. The number of aromatic nitrogens is 1. The highest BCUT2D eigenvalue weighted by molar-refractivity contribution is 8.01. The second-order valence-electron chi connectivity index (χ2n) is 6.06. The van der Waals surface area contributed by atoms with Gasteiger partial charge in [0.15, 0.2) is 11.6 Å². The summed E-state index contributed by atoms with van der Waals surface area (Å²) in [6, 6.07) is 7.38. The maximum absolute atomic E-state index is 14.0. The highest BCUT2D eigenvalue weighted by atomic mass is 35.5. The van der Waals surface area contributed by atoms with Crippen LogP contribution in [0.5, 0.6) is 0 Å². The van der Waals surface area contributed by atoms with Crippen molar-refractivity contribution in [1.82, 2.24) is 4.98 Å². The van der Waals surface area contributed by atoms with E-state index in [9.17, 15) is 18.4 Å². The lowest BCUT2D eigenvalue weighted by molar-refractivity contribution is -0.138. The molecule has 3 aromatic rings. The lowest BCUT2D eigenvalue weighted by Gasteiger charge is -2.32. The van der Waals surface area contributed by atoms with Gasteiger partial charge in [0.2, 0.25) is 5.91 Å². The van der Waals surface area contributed by atoms with Gasteiger partial charge in [0.05, 0.1) is 34.1 Å². The Morgan fingerprint density at radius 1 is 1.29 bits per heavy atom. The third-order valence-corrected chi connectivity index (χ3v) is 6.71. The standard InChI is InChI=1S/C18H11ClF2N2O3S2/c19-8-1-4-12-11(5-8)23(18(26)13(27-12)6-15(24)25)7-14-22-10-3-2-9(20)16(21)17(10)28-14/h1-5,13H,6-7H2,(H,24,25). The first kappa shape index (κ1) is 19.1. The lowest BCUT2D eigenvalue weighted by Crippen LogP contribution is -2.41. The summed E-state index contributed by atoms with van der Waals surface area (Å²) >= 11 is 8.19. The van der Waals surface area contributed by atoms with Gasteiger partial charge >= 0.3 is 5.97 Å². The first-order valence-electron chi connectivity index (χ1n) is 8.06. The first-order chi connectivity index (χ1) is 13.3. The Morgan fingerprint density at radius 2 is 2.07 bits per heavy atom. The summed E-state index contributed by atoms with van der Waals surface area (Å²) in [5, 5.41) is 9.14. The van der Waals surface area contributed by atoms with E-state index in [2.05, 4.69) is 4.98 Å². The Bertz CT molecular complexity index is 1120. The van der Waals surface area contributed by atoms with E-state index in [0.29, 0.717) is 26.1 Å². The number of hydrogen-bond donors (Lipinski definition) is 1. The molecule has 4 rings (SSSR count). The third-order valence-electron chi connectivity index (χ3n) is 4.17. The van der Waals surface area contributed by atoms with Gasteiger partial charge in [-0.25, -0.2) is 13.8 Å². The predicted molar refractivity (Wildman–Crippen MR) is 104 cm³/mol. The number of thioether (sulfide) groups is 1. The van der Waals surface area contributed by atoms with Crippen LogP contribution in [0.3, 0.4) is 0 Å². The molecule has 0 radical (unpaired) electrons. The second kappa shape index (κ2) is 7.31. The third kappa shape index (κ3) is 3.45. The Kier molecular flexibility index (Phi) is 4.98. The van der Waals surface area contributed by atoms with Gasteiger partial charge in [0, 0.05) is 9.92 Å². The first-order valence-corrected chi connectivity index (χ1v) is 10.1. The summed E-state index contributed by atoms with van der Waals surface area (Å²) < 4.78 is 27.5. The number of hydrogen-bond acceptors (Lipinski definition) is 5. The summed E-state index contributed by atoms with van der Waals surface area (Å²) in [5.74, 6) is -3.42. The number of amides is 1. The van der Waals surface area contributed by atoms with Crippen LogP contribution in [0.1, 0.15) is 11.4 Å². The van der Waals surface area contributed by atoms with Crippen LogP contribution in [0.2, 0.25) is 5.02 Å².